The molecule has 22 heteroatoms. The fourth-order valence-electron chi connectivity index (χ4n) is 7.06. The van der Waals surface area contributed by atoms with Crippen molar-refractivity contribution in [2.45, 2.75) is 87.4 Å². The number of nitrogen functional groups attached to an aromatic ring is 2. The van der Waals surface area contributed by atoms with E-state index in [9.17, 15) is 45.3 Å². The average Bonchev–Trinajstić information content (AvgIpc) is 3.31. The lowest BCUT2D eigenvalue weighted by atomic mass is 10.00. The Morgan fingerprint density at radius 3 is 1.82 bits per heavy atom. The quantitative estimate of drug-likeness (QED) is 0.0182. The first kappa shape index (κ1) is 55.7. The third-order valence-corrected chi connectivity index (χ3v) is 11.3. The maximum atomic E-state index is 12.8. The van der Waals surface area contributed by atoms with Crippen LogP contribution in [0.2, 0.25) is 5.15 Å². The molecule has 0 saturated carbocycles. The van der Waals surface area contributed by atoms with Gasteiger partial charge in [-0.05, 0) is 54.4 Å². The predicted octanol–water partition coefficient (Wildman–Crippen LogP) is -0.417. The Morgan fingerprint density at radius 1 is 0.742 bits per heavy atom. The molecule has 21 nitrogen and oxygen atoms in total. The van der Waals surface area contributed by atoms with Crippen molar-refractivity contribution >= 4 is 41.1 Å². The number of anilines is 2. The summed E-state index contributed by atoms with van der Waals surface area (Å²) >= 11 is 5.86. The number of nitrogens with one attached hydrogen (secondary N) is 2. The van der Waals surface area contributed by atoms with Crippen molar-refractivity contribution in [2.75, 3.05) is 85.8 Å². The van der Waals surface area contributed by atoms with Crippen LogP contribution in [0.3, 0.4) is 0 Å². The molecule has 1 heterocycles. The second-order valence-corrected chi connectivity index (χ2v) is 16.1. The van der Waals surface area contributed by atoms with Gasteiger partial charge in [-0.25, -0.2) is 9.97 Å². The van der Waals surface area contributed by atoms with Gasteiger partial charge in [0.15, 0.2) is 28.4 Å². The minimum atomic E-state index is -1.65. The summed E-state index contributed by atoms with van der Waals surface area (Å²) < 4.78 is 21.2. The number of guanidine groups is 1. The Balaban J connectivity index is 1.45. The Kier molecular flexibility index (Phi) is 24.1. The number of nitrogens with zero attached hydrogens (tertiary/aromatic N) is 4. The first-order valence-electron chi connectivity index (χ1n) is 21.4. The second kappa shape index (κ2) is 28.5. The Morgan fingerprint density at radius 2 is 1.29 bits per heavy atom. The Bertz CT molecular complexity index is 1940. The van der Waals surface area contributed by atoms with Crippen molar-refractivity contribution < 1.29 is 64.3 Å². The minimum Gasteiger partial charge on any atom is -0.466 e. The first-order valence-corrected chi connectivity index (χ1v) is 21.8. The molecule has 2 aromatic carbocycles. The van der Waals surface area contributed by atoms with Crippen molar-refractivity contribution in [2.24, 2.45) is 0 Å². The number of rotatable bonds is 29. The molecule has 0 saturated heterocycles. The molecule has 0 radical (unpaired) electrons. The third kappa shape index (κ3) is 17.2. The van der Waals surface area contributed by atoms with Gasteiger partial charge in [-0.2, -0.15) is 0 Å². The molecule has 0 spiro atoms. The molecule has 0 unspecified atom stereocenters. The summed E-state index contributed by atoms with van der Waals surface area (Å²) in [4.78, 5) is 36.2. The molecule has 0 aliphatic carbocycles. The number of carbonyl (C=O) groups excluding carboxylic acids is 2. The van der Waals surface area contributed by atoms with Crippen LogP contribution < -0.4 is 16.8 Å². The fourth-order valence-corrected chi connectivity index (χ4v) is 7.19. The maximum Gasteiger partial charge on any atom is 0.307 e. The molecule has 1 amide bonds. The van der Waals surface area contributed by atoms with E-state index < -0.39 is 73.9 Å². The van der Waals surface area contributed by atoms with Gasteiger partial charge in [0, 0.05) is 54.6 Å². The largest absolute Gasteiger partial charge is 0.466 e. The SMILES string of the molecule is CO[C@@H]([C@H](O)[C@H](CN(CCC(=O)OCCCc1ccc(-c2ccc(CCCCN(C)C(=N)NC(=O)c3nc(Cl)c(N)nc3N)cc2)cc1)C[C@H](O)[C@@H](O)[C@H](OC)[C@H](O)CO)OC)[C@H](O)CO. The van der Waals surface area contributed by atoms with E-state index in [1.165, 1.54) is 26.2 Å². The summed E-state index contributed by atoms with van der Waals surface area (Å²) in [6.07, 6.45) is -7.64. The number of aryl methyl sites for hydroxylation is 2. The summed E-state index contributed by atoms with van der Waals surface area (Å²) in [6, 6.07) is 16.4. The van der Waals surface area contributed by atoms with E-state index in [0.29, 0.717) is 19.4 Å². The molecule has 0 aliphatic heterocycles. The standard InChI is InChI=1S/C44H67ClN8O13/c1-52(44(48)51-43(62)35-41(46)50-42(47)40(45)49-35)19-6-5-8-26-10-14-28(15-11-26)29-16-12-27(13-17-29)9-7-21-66-34(59)18-20-53(22-30(56)36(60)38(64-3)31(57)24-54)23-33(63-2)37(61)39(65-4)32(58)25-55/h10-17,30-33,36-39,54-58,60-61H,5-9,18-25H2,1-4H3,(H4,46,47,50)(H2,48,51,62)/t30-,31+,32+,33-,36+,37+,38+,39+/m0/s1. The van der Waals surface area contributed by atoms with Gasteiger partial charge in [0.2, 0.25) is 0 Å². The molecule has 3 aromatic rings. The molecule has 0 bridgehead atoms. The van der Waals surface area contributed by atoms with Gasteiger partial charge in [0.05, 0.1) is 38.4 Å². The van der Waals surface area contributed by atoms with E-state index in [0.717, 1.165) is 41.5 Å². The lowest BCUT2D eigenvalue weighted by Gasteiger charge is -2.36. The van der Waals surface area contributed by atoms with Gasteiger partial charge in [0.25, 0.3) is 5.91 Å². The van der Waals surface area contributed by atoms with Gasteiger partial charge < -0.3 is 71.1 Å². The van der Waals surface area contributed by atoms with Crippen LogP contribution in [-0.2, 0) is 36.6 Å². The molecular formula is C44H67ClN8O13. The number of aliphatic hydroxyl groups is 7. The highest BCUT2D eigenvalue weighted by Gasteiger charge is 2.37. The molecule has 66 heavy (non-hydrogen) atoms. The molecular weight excluding hydrogens is 884 g/mol. The van der Waals surface area contributed by atoms with Gasteiger partial charge in [-0.1, -0.05) is 60.1 Å². The van der Waals surface area contributed by atoms with Crippen LogP contribution in [0.15, 0.2) is 48.5 Å². The highest BCUT2D eigenvalue weighted by atomic mass is 35.5. The van der Waals surface area contributed by atoms with Crippen LogP contribution in [0.5, 0.6) is 0 Å². The lowest BCUT2D eigenvalue weighted by molar-refractivity contribution is -0.150. The number of esters is 1. The number of unbranched alkanes of at least 4 members (excludes halogenated alkanes) is 1. The number of benzene rings is 2. The van der Waals surface area contributed by atoms with E-state index in [1.54, 1.807) is 11.9 Å². The number of ether oxygens (including phenoxy) is 4. The van der Waals surface area contributed by atoms with Crippen LogP contribution in [0, 0.1) is 5.41 Å². The zero-order chi connectivity index (χ0) is 48.9. The summed E-state index contributed by atoms with van der Waals surface area (Å²) in [5.74, 6) is -1.64. The lowest BCUT2D eigenvalue weighted by Crippen LogP contribution is -2.54. The van der Waals surface area contributed by atoms with Crippen molar-refractivity contribution in [3.63, 3.8) is 0 Å². The normalized spacial score (nSPS) is 15.3. The maximum absolute atomic E-state index is 12.8. The predicted molar refractivity (Wildman–Crippen MR) is 245 cm³/mol. The van der Waals surface area contributed by atoms with Crippen molar-refractivity contribution in [3.8, 4) is 11.1 Å². The number of halogens is 1. The van der Waals surface area contributed by atoms with Crippen LogP contribution in [0.4, 0.5) is 11.6 Å². The molecule has 368 valence electrons. The van der Waals surface area contributed by atoms with E-state index in [4.69, 9.17) is 47.4 Å². The topological polar surface area (TPSA) is 333 Å². The second-order valence-electron chi connectivity index (χ2n) is 15.8. The Hall–Kier alpha value is -4.62. The molecule has 8 atom stereocenters. The minimum absolute atomic E-state index is 0.0122. The van der Waals surface area contributed by atoms with E-state index in [-0.39, 0.29) is 61.1 Å². The van der Waals surface area contributed by atoms with E-state index in [2.05, 4.69) is 39.6 Å². The monoisotopic (exact) mass is 950 g/mol. The van der Waals surface area contributed by atoms with Gasteiger partial charge in [-0.15, -0.1) is 0 Å². The van der Waals surface area contributed by atoms with Gasteiger partial charge in [-0.3, -0.25) is 25.2 Å². The average molecular weight is 952 g/mol. The number of amides is 1. The van der Waals surface area contributed by atoms with Crippen LogP contribution in [-0.4, -0.2) is 197 Å². The number of carbonyl (C=O) groups is 2. The van der Waals surface area contributed by atoms with Crippen LogP contribution in [0.25, 0.3) is 11.1 Å². The molecule has 3 rings (SSSR count). The number of aliphatic hydroxyl groups excluding tert-OH is 7. The number of nitrogens with two attached hydrogens (primary N) is 2. The molecule has 1 aromatic heterocycles. The zero-order valence-corrected chi connectivity index (χ0v) is 38.6. The Labute approximate surface area is 389 Å². The number of methoxy groups -OCH3 is 3. The van der Waals surface area contributed by atoms with E-state index >= 15 is 0 Å². The number of aromatic nitrogens is 2. The molecule has 13 N–H and O–H groups in total. The highest BCUT2D eigenvalue weighted by molar-refractivity contribution is 6.31. The number of hydrogen-bond acceptors (Lipinski definition) is 19. The van der Waals surface area contributed by atoms with Crippen molar-refractivity contribution in [1.82, 2.24) is 25.1 Å². The summed E-state index contributed by atoms with van der Waals surface area (Å²) in [5.41, 5.74) is 15.4. The third-order valence-electron chi connectivity index (χ3n) is 11.0. The summed E-state index contributed by atoms with van der Waals surface area (Å²) in [6.45, 7) is -1.16. The molecule has 0 aliphatic rings. The first-order chi connectivity index (χ1) is 31.5. The fraction of sp³-hybridized carbons (Fsp3) is 0.568. The van der Waals surface area contributed by atoms with Gasteiger partial charge >= 0.3 is 5.97 Å². The van der Waals surface area contributed by atoms with Crippen molar-refractivity contribution in [1.29, 1.82) is 5.41 Å². The van der Waals surface area contributed by atoms with E-state index in [1.807, 2.05) is 24.3 Å². The molecule has 0 fully saturated rings. The summed E-state index contributed by atoms with van der Waals surface area (Å²) in [5, 5.41) is 82.0. The van der Waals surface area contributed by atoms with Crippen molar-refractivity contribution in [3.05, 3.63) is 70.5 Å². The smallest absolute Gasteiger partial charge is 0.307 e. The van der Waals surface area contributed by atoms with Crippen LogP contribution >= 0.6 is 11.6 Å². The number of hydrogen-bond donors (Lipinski definition) is 11. The van der Waals surface area contributed by atoms with Gasteiger partial charge in [0.1, 0.15) is 36.6 Å². The highest BCUT2D eigenvalue weighted by Crippen LogP contribution is 2.22. The van der Waals surface area contributed by atoms with Crippen LogP contribution in [0.1, 0.15) is 47.3 Å². The summed E-state index contributed by atoms with van der Waals surface area (Å²) in [7, 11) is 5.45. The zero-order valence-electron chi connectivity index (χ0n) is 37.8.